The Bertz CT molecular complexity index is 868. The van der Waals surface area contributed by atoms with Crippen molar-refractivity contribution < 1.29 is 0 Å². The van der Waals surface area contributed by atoms with Gasteiger partial charge >= 0.3 is 0 Å². The molecule has 0 N–H and O–H groups in total. The number of fused-ring (bicyclic) bond motifs is 1. The molecule has 0 amide bonds. The number of benzene rings is 2. The van der Waals surface area contributed by atoms with Crippen molar-refractivity contribution in [3.05, 3.63) is 77.1 Å². The Labute approximate surface area is 141 Å². The molecule has 0 bridgehead atoms. The Balaban J connectivity index is 1.50. The first kappa shape index (κ1) is 13.8. The summed E-state index contributed by atoms with van der Waals surface area (Å²) in [7, 11) is 2.11. The van der Waals surface area contributed by atoms with Gasteiger partial charge in [0.15, 0.2) is 0 Å². The van der Waals surface area contributed by atoms with Crippen LogP contribution in [0.15, 0.2) is 54.6 Å². The molecule has 3 aromatic rings. The van der Waals surface area contributed by atoms with Gasteiger partial charge in [-0.1, -0.05) is 54.6 Å². The highest BCUT2D eigenvalue weighted by molar-refractivity contribution is 5.46. The summed E-state index contributed by atoms with van der Waals surface area (Å²) < 4.78 is 2.20. The SMILES string of the molecule is Cn1c(N2Cc3ccccc3C2)nnc1C1(c2ccccc2)CC1. The number of rotatable bonds is 3. The summed E-state index contributed by atoms with van der Waals surface area (Å²) in [5.74, 6) is 2.07. The molecule has 120 valence electrons. The highest BCUT2D eigenvalue weighted by Gasteiger charge is 2.50. The van der Waals surface area contributed by atoms with Crippen LogP contribution in [0.25, 0.3) is 0 Å². The lowest BCUT2D eigenvalue weighted by Gasteiger charge is -2.19. The summed E-state index contributed by atoms with van der Waals surface area (Å²) in [6, 6.07) is 19.4. The van der Waals surface area contributed by atoms with Gasteiger partial charge in [-0.25, -0.2) is 0 Å². The van der Waals surface area contributed by atoms with Gasteiger partial charge in [0.1, 0.15) is 5.82 Å². The highest BCUT2D eigenvalue weighted by atomic mass is 15.4. The molecular weight excluding hydrogens is 296 g/mol. The fourth-order valence-electron chi connectivity index (χ4n) is 4.01. The molecule has 2 heterocycles. The molecule has 4 nitrogen and oxygen atoms in total. The van der Waals surface area contributed by atoms with E-state index >= 15 is 0 Å². The fraction of sp³-hybridized carbons (Fsp3) is 0.300. The molecule has 0 saturated heterocycles. The average molecular weight is 316 g/mol. The van der Waals surface area contributed by atoms with Crippen LogP contribution in [0.5, 0.6) is 0 Å². The zero-order valence-corrected chi connectivity index (χ0v) is 13.8. The molecule has 1 aromatic heterocycles. The summed E-state index contributed by atoms with van der Waals surface area (Å²) in [4.78, 5) is 2.32. The number of hydrogen-bond acceptors (Lipinski definition) is 3. The molecule has 24 heavy (non-hydrogen) atoms. The second-order valence-corrected chi connectivity index (χ2v) is 6.96. The van der Waals surface area contributed by atoms with Crippen LogP contribution in [0.1, 0.15) is 35.4 Å². The van der Waals surface area contributed by atoms with Gasteiger partial charge in [0.05, 0.1) is 5.41 Å². The van der Waals surface area contributed by atoms with Gasteiger partial charge in [0, 0.05) is 20.1 Å². The average Bonchev–Trinajstić information content (AvgIpc) is 3.16. The van der Waals surface area contributed by atoms with Crippen molar-refractivity contribution in [3.8, 4) is 0 Å². The van der Waals surface area contributed by atoms with Crippen molar-refractivity contribution in [2.75, 3.05) is 4.90 Å². The minimum atomic E-state index is 0.0633. The predicted molar refractivity (Wildman–Crippen MR) is 93.8 cm³/mol. The summed E-state index contributed by atoms with van der Waals surface area (Å²) in [5.41, 5.74) is 4.21. The third-order valence-electron chi connectivity index (χ3n) is 5.48. The van der Waals surface area contributed by atoms with E-state index in [1.807, 2.05) is 0 Å². The van der Waals surface area contributed by atoms with Crippen LogP contribution in [0.3, 0.4) is 0 Å². The minimum absolute atomic E-state index is 0.0633. The quantitative estimate of drug-likeness (QED) is 0.742. The van der Waals surface area contributed by atoms with E-state index in [-0.39, 0.29) is 5.41 Å². The Morgan fingerprint density at radius 2 is 1.46 bits per heavy atom. The molecule has 4 heteroatoms. The van der Waals surface area contributed by atoms with Crippen LogP contribution in [0.2, 0.25) is 0 Å². The number of aromatic nitrogens is 3. The standard InChI is InChI=1S/C20H20N4/c1-23-18(20(11-12-20)17-9-3-2-4-10-17)21-22-19(23)24-13-15-7-5-6-8-16(15)14-24/h2-10H,11-14H2,1H3. The van der Waals surface area contributed by atoms with Crippen molar-refractivity contribution in [1.29, 1.82) is 0 Å². The van der Waals surface area contributed by atoms with Gasteiger partial charge < -0.3 is 4.90 Å². The van der Waals surface area contributed by atoms with Gasteiger partial charge in [-0.15, -0.1) is 10.2 Å². The molecule has 5 rings (SSSR count). The molecule has 0 atom stereocenters. The van der Waals surface area contributed by atoms with Crippen molar-refractivity contribution >= 4 is 5.95 Å². The lowest BCUT2D eigenvalue weighted by molar-refractivity contribution is 0.681. The van der Waals surface area contributed by atoms with Crippen LogP contribution in [-0.4, -0.2) is 14.8 Å². The van der Waals surface area contributed by atoms with Crippen molar-refractivity contribution in [2.24, 2.45) is 7.05 Å². The van der Waals surface area contributed by atoms with Crippen LogP contribution in [0, 0.1) is 0 Å². The molecule has 1 aliphatic carbocycles. The van der Waals surface area contributed by atoms with Gasteiger partial charge in [0.2, 0.25) is 5.95 Å². The molecular formula is C20H20N4. The highest BCUT2D eigenvalue weighted by Crippen LogP contribution is 2.53. The second-order valence-electron chi connectivity index (χ2n) is 6.96. The zero-order chi connectivity index (χ0) is 16.1. The molecule has 2 aliphatic rings. The Morgan fingerprint density at radius 3 is 2.08 bits per heavy atom. The van der Waals surface area contributed by atoms with Crippen LogP contribution in [0.4, 0.5) is 5.95 Å². The second kappa shape index (κ2) is 4.94. The van der Waals surface area contributed by atoms with E-state index in [0.717, 1.165) is 37.7 Å². The van der Waals surface area contributed by atoms with Gasteiger partial charge in [0.25, 0.3) is 0 Å². The van der Waals surface area contributed by atoms with Gasteiger partial charge in [-0.05, 0) is 29.5 Å². The molecule has 0 unspecified atom stereocenters. The van der Waals surface area contributed by atoms with E-state index in [4.69, 9.17) is 0 Å². The Hall–Kier alpha value is -2.62. The minimum Gasteiger partial charge on any atom is -0.332 e. The van der Waals surface area contributed by atoms with E-state index in [1.165, 1.54) is 16.7 Å². The maximum absolute atomic E-state index is 4.60. The summed E-state index contributed by atoms with van der Waals surface area (Å²) in [5, 5.41) is 9.16. The summed E-state index contributed by atoms with van der Waals surface area (Å²) >= 11 is 0. The lowest BCUT2D eigenvalue weighted by atomic mass is 9.95. The van der Waals surface area contributed by atoms with Crippen LogP contribution >= 0.6 is 0 Å². The van der Waals surface area contributed by atoms with Gasteiger partial charge in [-0.3, -0.25) is 4.57 Å². The Kier molecular flexibility index (Phi) is 2.84. The first-order valence-electron chi connectivity index (χ1n) is 8.55. The van der Waals surface area contributed by atoms with Gasteiger partial charge in [-0.2, -0.15) is 0 Å². The fourth-order valence-corrected chi connectivity index (χ4v) is 4.01. The first-order chi connectivity index (χ1) is 11.8. The zero-order valence-electron chi connectivity index (χ0n) is 13.8. The topological polar surface area (TPSA) is 34.0 Å². The maximum atomic E-state index is 4.60. The van der Waals surface area contributed by atoms with E-state index in [9.17, 15) is 0 Å². The third-order valence-corrected chi connectivity index (χ3v) is 5.48. The molecule has 1 fully saturated rings. The molecule has 1 aliphatic heterocycles. The molecule has 0 spiro atoms. The van der Waals surface area contributed by atoms with Crippen LogP contribution in [-0.2, 0) is 25.6 Å². The summed E-state index contributed by atoms with van der Waals surface area (Å²) in [6.45, 7) is 1.83. The van der Waals surface area contributed by atoms with Crippen molar-refractivity contribution in [1.82, 2.24) is 14.8 Å². The van der Waals surface area contributed by atoms with E-state index in [1.54, 1.807) is 0 Å². The number of hydrogen-bond donors (Lipinski definition) is 0. The third kappa shape index (κ3) is 1.92. The molecule has 0 radical (unpaired) electrons. The van der Waals surface area contributed by atoms with Crippen LogP contribution < -0.4 is 4.90 Å². The van der Waals surface area contributed by atoms with E-state index in [0.29, 0.717) is 0 Å². The maximum Gasteiger partial charge on any atom is 0.227 e. The summed E-state index contributed by atoms with van der Waals surface area (Å²) in [6.07, 6.45) is 2.31. The predicted octanol–water partition coefficient (Wildman–Crippen LogP) is 3.42. The monoisotopic (exact) mass is 316 g/mol. The van der Waals surface area contributed by atoms with E-state index < -0.39 is 0 Å². The number of nitrogens with zero attached hydrogens (tertiary/aromatic N) is 4. The Morgan fingerprint density at radius 1 is 0.833 bits per heavy atom. The number of anilines is 1. The first-order valence-corrected chi connectivity index (χ1v) is 8.55. The van der Waals surface area contributed by atoms with E-state index in [2.05, 4.69) is 81.3 Å². The normalized spacial score (nSPS) is 17.8. The molecule has 2 aromatic carbocycles. The van der Waals surface area contributed by atoms with Crippen molar-refractivity contribution in [2.45, 2.75) is 31.3 Å². The lowest BCUT2D eigenvalue weighted by Crippen LogP contribution is -2.21. The molecule has 1 saturated carbocycles. The van der Waals surface area contributed by atoms with Crippen molar-refractivity contribution in [3.63, 3.8) is 0 Å². The smallest absolute Gasteiger partial charge is 0.227 e. The largest absolute Gasteiger partial charge is 0.332 e.